The lowest BCUT2D eigenvalue weighted by Gasteiger charge is -2.07. The molecular formula is C15H15ClN4O3. The number of esters is 1. The van der Waals surface area contributed by atoms with Gasteiger partial charge in [-0.25, -0.2) is 9.97 Å². The van der Waals surface area contributed by atoms with Crippen LogP contribution in [-0.2, 0) is 14.3 Å². The first kappa shape index (κ1) is 15.5. The van der Waals surface area contributed by atoms with Crippen LogP contribution in [0.4, 0.5) is 11.6 Å². The number of pyridine rings is 2. The summed E-state index contributed by atoms with van der Waals surface area (Å²) in [5, 5.41) is 4.38. The third-order valence-corrected chi connectivity index (χ3v) is 3.80. The second-order valence-corrected chi connectivity index (χ2v) is 5.72. The second-order valence-electron chi connectivity index (χ2n) is 5.33. The molecule has 23 heavy (non-hydrogen) atoms. The smallest absolute Gasteiger partial charge is 0.305 e. The Kier molecular flexibility index (Phi) is 4.04. The summed E-state index contributed by atoms with van der Waals surface area (Å²) in [5.41, 5.74) is 5.77. The lowest BCUT2D eigenvalue weighted by atomic mass is 10.2. The van der Waals surface area contributed by atoms with Gasteiger partial charge in [0.2, 0.25) is 5.91 Å². The van der Waals surface area contributed by atoms with E-state index in [4.69, 9.17) is 22.1 Å². The van der Waals surface area contributed by atoms with Crippen molar-refractivity contribution in [1.29, 1.82) is 0 Å². The number of rotatable bonds is 4. The molecule has 1 amide bonds. The highest BCUT2D eigenvalue weighted by Gasteiger charge is 2.46. The van der Waals surface area contributed by atoms with Gasteiger partial charge in [0.25, 0.3) is 0 Å². The molecule has 0 aromatic carbocycles. The van der Waals surface area contributed by atoms with Gasteiger partial charge in [-0.1, -0.05) is 18.5 Å². The Labute approximate surface area is 137 Å². The van der Waals surface area contributed by atoms with Crippen LogP contribution in [0.2, 0.25) is 5.15 Å². The molecule has 1 aliphatic carbocycles. The highest BCUT2D eigenvalue weighted by atomic mass is 35.5. The monoisotopic (exact) mass is 334 g/mol. The molecule has 0 aliphatic heterocycles. The van der Waals surface area contributed by atoms with E-state index in [1.807, 2.05) is 0 Å². The predicted octanol–water partition coefficient (Wildman–Crippen LogP) is 2.15. The van der Waals surface area contributed by atoms with Crippen LogP contribution in [0.15, 0.2) is 18.3 Å². The van der Waals surface area contributed by atoms with Crippen LogP contribution in [0.25, 0.3) is 10.8 Å². The quantitative estimate of drug-likeness (QED) is 0.655. The van der Waals surface area contributed by atoms with Crippen LogP contribution < -0.4 is 11.1 Å². The average molecular weight is 335 g/mol. The Bertz CT molecular complexity index is 796. The molecule has 0 saturated heterocycles. The first-order chi connectivity index (χ1) is 11.0. The molecule has 1 fully saturated rings. The molecule has 0 radical (unpaired) electrons. The number of carbonyl (C=O) groups excluding carboxylic acids is 2. The number of nitrogens with two attached hydrogens (primary N) is 1. The number of carbonyl (C=O) groups is 2. The number of halogens is 1. The molecule has 7 nitrogen and oxygen atoms in total. The Hall–Kier alpha value is -2.41. The predicted molar refractivity (Wildman–Crippen MR) is 85.9 cm³/mol. The van der Waals surface area contributed by atoms with Crippen molar-refractivity contribution < 1.29 is 14.3 Å². The van der Waals surface area contributed by atoms with E-state index in [1.54, 1.807) is 19.1 Å². The van der Waals surface area contributed by atoms with Crippen molar-refractivity contribution in [2.45, 2.75) is 25.9 Å². The molecular weight excluding hydrogens is 320 g/mol. The lowest BCUT2D eigenvalue weighted by molar-refractivity contribution is -0.145. The number of nitrogens with one attached hydrogen (secondary N) is 1. The largest absolute Gasteiger partial charge is 0.461 e. The third kappa shape index (κ3) is 3.34. The first-order valence-electron chi connectivity index (χ1n) is 7.20. The van der Waals surface area contributed by atoms with Crippen LogP contribution in [0.1, 0.15) is 19.8 Å². The Morgan fingerprint density at radius 1 is 1.48 bits per heavy atom. The van der Waals surface area contributed by atoms with E-state index in [2.05, 4.69) is 15.3 Å². The molecule has 2 aromatic rings. The molecule has 8 heteroatoms. The maximum Gasteiger partial charge on any atom is 0.305 e. The van der Waals surface area contributed by atoms with Crippen LogP contribution in [-0.4, -0.2) is 27.9 Å². The molecule has 2 unspecified atom stereocenters. The van der Waals surface area contributed by atoms with Crippen molar-refractivity contribution in [3.05, 3.63) is 23.5 Å². The number of hydrogen-bond donors (Lipinski definition) is 2. The number of nitrogens with zero attached hydrogens (tertiary/aromatic N) is 2. The van der Waals surface area contributed by atoms with Crippen molar-refractivity contribution in [2.75, 3.05) is 11.1 Å². The van der Waals surface area contributed by atoms with E-state index in [-0.39, 0.29) is 34.9 Å². The molecule has 1 aliphatic rings. The fraction of sp³-hybridized carbons (Fsp3) is 0.333. The average Bonchev–Trinajstić information content (AvgIpc) is 3.25. The molecule has 2 atom stereocenters. The summed E-state index contributed by atoms with van der Waals surface area (Å²) < 4.78 is 5.12. The van der Waals surface area contributed by atoms with Crippen molar-refractivity contribution in [3.63, 3.8) is 0 Å². The summed E-state index contributed by atoms with van der Waals surface area (Å²) in [4.78, 5) is 31.4. The van der Waals surface area contributed by atoms with Gasteiger partial charge in [0.15, 0.2) is 0 Å². The van der Waals surface area contributed by atoms with Crippen molar-refractivity contribution in [2.24, 2.45) is 5.92 Å². The van der Waals surface area contributed by atoms with Crippen molar-refractivity contribution >= 4 is 45.9 Å². The summed E-state index contributed by atoms with van der Waals surface area (Å²) in [6.45, 7) is 1.71. The minimum atomic E-state index is -0.336. The van der Waals surface area contributed by atoms with Gasteiger partial charge in [-0.15, -0.1) is 0 Å². The van der Waals surface area contributed by atoms with Gasteiger partial charge in [0.1, 0.15) is 22.9 Å². The van der Waals surface area contributed by atoms with Gasteiger partial charge in [-0.3, -0.25) is 9.59 Å². The number of hydrogen-bond acceptors (Lipinski definition) is 6. The fourth-order valence-corrected chi connectivity index (χ4v) is 2.47. The zero-order valence-corrected chi connectivity index (χ0v) is 13.1. The van der Waals surface area contributed by atoms with Gasteiger partial charge in [-0.2, -0.15) is 0 Å². The van der Waals surface area contributed by atoms with E-state index in [0.29, 0.717) is 24.0 Å². The SMILES string of the molecule is CCC(=O)OC1CC1C(=O)Nc1cc2cc(Cl)nc(N)c2cn1. The number of nitrogen functional groups attached to an aromatic ring is 1. The summed E-state index contributed by atoms with van der Waals surface area (Å²) in [5.74, 6) is -0.178. The zero-order valence-electron chi connectivity index (χ0n) is 12.4. The van der Waals surface area contributed by atoms with Crippen LogP contribution in [0.5, 0.6) is 0 Å². The van der Waals surface area contributed by atoms with Crippen LogP contribution in [0.3, 0.4) is 0 Å². The normalized spacial score (nSPS) is 19.4. The summed E-state index contributed by atoms with van der Waals surface area (Å²) >= 11 is 5.88. The maximum absolute atomic E-state index is 12.1. The Morgan fingerprint density at radius 2 is 2.26 bits per heavy atom. The number of fused-ring (bicyclic) bond motifs is 1. The molecule has 2 heterocycles. The number of anilines is 2. The summed E-state index contributed by atoms with van der Waals surface area (Å²) in [6.07, 6.45) is 2.03. The molecule has 3 N–H and O–H groups in total. The van der Waals surface area contributed by atoms with E-state index in [9.17, 15) is 9.59 Å². The van der Waals surface area contributed by atoms with Crippen LogP contribution >= 0.6 is 11.6 Å². The highest BCUT2D eigenvalue weighted by molar-refractivity contribution is 6.30. The molecule has 120 valence electrons. The van der Waals surface area contributed by atoms with E-state index in [0.717, 1.165) is 5.39 Å². The Balaban J connectivity index is 1.70. The number of aromatic nitrogens is 2. The molecule has 2 aromatic heterocycles. The van der Waals surface area contributed by atoms with Gasteiger partial charge in [-0.05, 0) is 17.5 Å². The van der Waals surface area contributed by atoms with Crippen molar-refractivity contribution in [1.82, 2.24) is 9.97 Å². The highest BCUT2D eigenvalue weighted by Crippen LogP contribution is 2.35. The van der Waals surface area contributed by atoms with Gasteiger partial charge in [0, 0.05) is 24.4 Å². The summed E-state index contributed by atoms with van der Waals surface area (Å²) in [6, 6.07) is 3.32. The third-order valence-electron chi connectivity index (χ3n) is 3.61. The van der Waals surface area contributed by atoms with Gasteiger partial charge >= 0.3 is 5.97 Å². The second kappa shape index (κ2) is 6.00. The topological polar surface area (TPSA) is 107 Å². The molecule has 1 saturated carbocycles. The zero-order chi connectivity index (χ0) is 16.6. The van der Waals surface area contributed by atoms with E-state index >= 15 is 0 Å². The Morgan fingerprint density at radius 3 is 3.00 bits per heavy atom. The van der Waals surface area contributed by atoms with Crippen molar-refractivity contribution in [3.8, 4) is 0 Å². The maximum atomic E-state index is 12.1. The van der Waals surface area contributed by atoms with Gasteiger partial charge < -0.3 is 15.8 Å². The van der Waals surface area contributed by atoms with Crippen LogP contribution in [0, 0.1) is 5.92 Å². The molecule has 3 rings (SSSR count). The number of amides is 1. The number of ether oxygens (including phenoxy) is 1. The van der Waals surface area contributed by atoms with E-state index < -0.39 is 0 Å². The minimum absolute atomic E-state index is 0.223. The van der Waals surface area contributed by atoms with Gasteiger partial charge in [0.05, 0.1) is 5.92 Å². The fourth-order valence-electron chi connectivity index (χ4n) is 2.26. The minimum Gasteiger partial charge on any atom is -0.461 e. The molecule has 0 spiro atoms. The lowest BCUT2D eigenvalue weighted by Crippen LogP contribution is -2.18. The summed E-state index contributed by atoms with van der Waals surface area (Å²) in [7, 11) is 0. The molecule has 0 bridgehead atoms. The van der Waals surface area contributed by atoms with E-state index in [1.165, 1.54) is 6.20 Å². The first-order valence-corrected chi connectivity index (χ1v) is 7.58. The standard InChI is InChI=1S/C15H15ClN4O3/c1-2-13(21)23-10-5-8(10)15(22)20-12-4-7-3-11(16)19-14(17)9(7)6-18-12/h3-4,6,8,10H,2,5H2,1H3,(H2,17,19)(H,18,20,22).